The molecule has 0 saturated carbocycles. The second kappa shape index (κ2) is 7.35. The van der Waals surface area contributed by atoms with Gasteiger partial charge < -0.3 is 19.7 Å². The Kier molecular flexibility index (Phi) is 5.46. The molecule has 0 bridgehead atoms. The molecule has 0 fully saturated rings. The van der Waals surface area contributed by atoms with E-state index in [-0.39, 0.29) is 5.91 Å². The lowest BCUT2D eigenvalue weighted by atomic mass is 10.2. The van der Waals surface area contributed by atoms with E-state index in [1.165, 1.54) is 20.4 Å². The van der Waals surface area contributed by atoms with Gasteiger partial charge in [0, 0.05) is 26.4 Å². The van der Waals surface area contributed by atoms with Crippen LogP contribution >= 0.6 is 11.6 Å². The van der Waals surface area contributed by atoms with E-state index in [1.807, 2.05) is 14.1 Å². The van der Waals surface area contributed by atoms with Crippen molar-refractivity contribution in [2.45, 2.75) is 6.92 Å². The zero-order valence-corrected chi connectivity index (χ0v) is 14.9. The van der Waals surface area contributed by atoms with Crippen molar-refractivity contribution in [3.05, 3.63) is 34.6 Å². The number of rotatable bonds is 5. The minimum Gasteiger partial charge on any atom is -0.495 e. The van der Waals surface area contributed by atoms with Gasteiger partial charge in [-0.2, -0.15) is 0 Å². The van der Waals surface area contributed by atoms with Gasteiger partial charge in [0.1, 0.15) is 11.5 Å². The Morgan fingerprint density at radius 3 is 2.42 bits per heavy atom. The van der Waals surface area contributed by atoms with Crippen molar-refractivity contribution in [1.29, 1.82) is 0 Å². The highest BCUT2D eigenvalue weighted by atomic mass is 35.5. The number of hydrogen-bond acceptors (Lipinski definition) is 6. The van der Waals surface area contributed by atoms with E-state index in [0.717, 1.165) is 0 Å². The van der Waals surface area contributed by atoms with E-state index in [9.17, 15) is 4.79 Å². The van der Waals surface area contributed by atoms with Crippen LogP contribution in [0, 0.1) is 6.92 Å². The normalized spacial score (nSPS) is 10.2. The monoisotopic (exact) mass is 350 g/mol. The minimum absolute atomic E-state index is 0.350. The maximum Gasteiger partial charge on any atom is 0.259 e. The van der Waals surface area contributed by atoms with E-state index >= 15 is 0 Å². The second-order valence-electron chi connectivity index (χ2n) is 5.20. The first-order chi connectivity index (χ1) is 11.4. The number of methoxy groups -OCH3 is 2. The third-order valence-electron chi connectivity index (χ3n) is 3.33. The van der Waals surface area contributed by atoms with Crippen molar-refractivity contribution in [2.75, 3.05) is 38.5 Å². The predicted molar refractivity (Wildman–Crippen MR) is 93.6 cm³/mol. The molecule has 0 atom stereocenters. The summed E-state index contributed by atoms with van der Waals surface area (Å²) >= 11 is 6.11. The number of nitrogens with one attached hydrogen (secondary N) is 1. The molecular formula is C16H19ClN4O3. The lowest BCUT2D eigenvalue weighted by molar-refractivity contribution is 0.102. The highest BCUT2D eigenvalue weighted by Gasteiger charge is 2.16. The Morgan fingerprint density at radius 2 is 1.88 bits per heavy atom. The largest absolute Gasteiger partial charge is 0.495 e. The molecule has 1 heterocycles. The van der Waals surface area contributed by atoms with E-state index < -0.39 is 0 Å². The summed E-state index contributed by atoms with van der Waals surface area (Å²) in [5.74, 6) is 1.08. The average molecular weight is 351 g/mol. The van der Waals surface area contributed by atoms with E-state index in [2.05, 4.69) is 15.3 Å². The number of hydrogen-bond donors (Lipinski definition) is 1. The Labute approximate surface area is 145 Å². The van der Waals surface area contributed by atoms with Crippen molar-refractivity contribution in [3.8, 4) is 11.5 Å². The number of aromatic nitrogens is 2. The number of carbonyl (C=O) groups excluding carboxylic acids is 1. The molecule has 0 aliphatic heterocycles. The molecule has 0 saturated heterocycles. The Hall–Kier alpha value is -2.54. The van der Waals surface area contributed by atoms with Gasteiger partial charge in [-0.25, -0.2) is 9.97 Å². The highest BCUT2D eigenvalue weighted by Crippen LogP contribution is 2.36. The van der Waals surface area contributed by atoms with Crippen molar-refractivity contribution >= 4 is 29.1 Å². The molecule has 1 amide bonds. The van der Waals surface area contributed by atoms with Gasteiger partial charge in [0.25, 0.3) is 5.91 Å². The van der Waals surface area contributed by atoms with E-state index in [1.54, 1.807) is 24.0 Å². The van der Waals surface area contributed by atoms with Crippen LogP contribution in [0.5, 0.6) is 11.5 Å². The van der Waals surface area contributed by atoms with Crippen molar-refractivity contribution in [2.24, 2.45) is 0 Å². The lowest BCUT2D eigenvalue weighted by Gasteiger charge is -2.15. The van der Waals surface area contributed by atoms with Crippen molar-refractivity contribution in [3.63, 3.8) is 0 Å². The van der Waals surface area contributed by atoms with Crippen molar-refractivity contribution < 1.29 is 14.3 Å². The third kappa shape index (κ3) is 3.68. The Morgan fingerprint density at radius 1 is 1.21 bits per heavy atom. The van der Waals surface area contributed by atoms with Crippen LogP contribution < -0.4 is 19.7 Å². The van der Waals surface area contributed by atoms with Gasteiger partial charge >= 0.3 is 0 Å². The van der Waals surface area contributed by atoms with Gasteiger partial charge in [0.2, 0.25) is 5.95 Å². The Balaban J connectivity index is 2.31. The summed E-state index contributed by atoms with van der Waals surface area (Å²) in [4.78, 5) is 22.7. The molecule has 8 heteroatoms. The first-order valence-corrected chi connectivity index (χ1v) is 7.49. The van der Waals surface area contributed by atoms with Crippen LogP contribution in [0.15, 0.2) is 18.3 Å². The molecule has 128 valence electrons. The number of halogens is 1. The molecule has 1 aromatic heterocycles. The number of benzene rings is 1. The molecule has 2 rings (SSSR count). The first kappa shape index (κ1) is 17.8. The van der Waals surface area contributed by atoms with Crippen LogP contribution in [0.1, 0.15) is 16.1 Å². The summed E-state index contributed by atoms with van der Waals surface area (Å²) in [7, 11) is 6.67. The standard InChI is InChI=1S/C16H19ClN4O3/c1-9-10(8-18-16(19-9)21(2)3)15(22)20-12-6-11(17)13(23-4)7-14(12)24-5/h6-8H,1-5H3,(H,20,22). The third-order valence-corrected chi connectivity index (χ3v) is 3.63. The molecule has 0 unspecified atom stereocenters. The molecule has 24 heavy (non-hydrogen) atoms. The van der Waals surface area contributed by atoms with Gasteiger partial charge in [-0.15, -0.1) is 0 Å². The lowest BCUT2D eigenvalue weighted by Crippen LogP contribution is -2.18. The fourth-order valence-corrected chi connectivity index (χ4v) is 2.28. The maximum atomic E-state index is 12.5. The topological polar surface area (TPSA) is 76.6 Å². The molecule has 0 aliphatic rings. The Bertz CT molecular complexity index is 765. The minimum atomic E-state index is -0.350. The summed E-state index contributed by atoms with van der Waals surface area (Å²) in [6.07, 6.45) is 1.49. The number of amides is 1. The van der Waals surface area contributed by atoms with Crippen LogP contribution in [0.25, 0.3) is 0 Å². The summed E-state index contributed by atoms with van der Waals surface area (Å²) in [5.41, 5.74) is 1.38. The van der Waals surface area contributed by atoms with Gasteiger partial charge in [0.05, 0.1) is 36.2 Å². The molecule has 0 spiro atoms. The van der Waals surface area contributed by atoms with Gasteiger partial charge in [-0.05, 0) is 13.0 Å². The SMILES string of the molecule is COc1cc(OC)c(NC(=O)c2cnc(N(C)C)nc2C)cc1Cl. The van der Waals surface area contributed by atoms with Gasteiger partial charge in [-0.3, -0.25) is 4.79 Å². The van der Waals surface area contributed by atoms with E-state index in [0.29, 0.717) is 39.4 Å². The quantitative estimate of drug-likeness (QED) is 0.893. The maximum absolute atomic E-state index is 12.5. The number of ether oxygens (including phenoxy) is 2. The zero-order chi connectivity index (χ0) is 17.9. The molecule has 1 aromatic carbocycles. The van der Waals surface area contributed by atoms with Crippen LogP contribution in [0.4, 0.5) is 11.6 Å². The molecule has 2 aromatic rings. The van der Waals surface area contributed by atoms with Crippen LogP contribution in [0.2, 0.25) is 5.02 Å². The highest BCUT2D eigenvalue weighted by molar-refractivity contribution is 6.32. The van der Waals surface area contributed by atoms with Crippen molar-refractivity contribution in [1.82, 2.24) is 9.97 Å². The van der Waals surface area contributed by atoms with E-state index in [4.69, 9.17) is 21.1 Å². The molecule has 1 N–H and O–H groups in total. The number of carbonyl (C=O) groups is 1. The van der Waals surface area contributed by atoms with Crippen LogP contribution in [-0.2, 0) is 0 Å². The molecule has 0 radical (unpaired) electrons. The summed E-state index contributed by atoms with van der Waals surface area (Å²) < 4.78 is 10.4. The molecule has 0 aliphatic carbocycles. The van der Waals surface area contributed by atoms with Crippen LogP contribution in [-0.4, -0.2) is 44.2 Å². The fraction of sp³-hybridized carbons (Fsp3) is 0.312. The number of anilines is 2. The predicted octanol–water partition coefficient (Wildman–Crippen LogP) is 2.77. The molecular weight excluding hydrogens is 332 g/mol. The molecule has 7 nitrogen and oxygen atoms in total. The fourth-order valence-electron chi connectivity index (χ4n) is 2.04. The second-order valence-corrected chi connectivity index (χ2v) is 5.61. The first-order valence-electron chi connectivity index (χ1n) is 7.11. The zero-order valence-electron chi connectivity index (χ0n) is 14.2. The smallest absolute Gasteiger partial charge is 0.259 e. The van der Waals surface area contributed by atoms with Gasteiger partial charge in [-0.1, -0.05) is 11.6 Å². The summed E-state index contributed by atoms with van der Waals surface area (Å²) in [6.45, 7) is 1.75. The summed E-state index contributed by atoms with van der Waals surface area (Å²) in [5, 5.41) is 3.13. The number of nitrogens with zero attached hydrogens (tertiary/aromatic N) is 3. The number of aryl methyl sites for hydroxylation is 1. The van der Waals surface area contributed by atoms with Gasteiger partial charge in [0.15, 0.2) is 0 Å². The average Bonchev–Trinajstić information content (AvgIpc) is 2.54. The summed E-state index contributed by atoms with van der Waals surface area (Å²) in [6, 6.07) is 3.18. The van der Waals surface area contributed by atoms with Crippen LogP contribution in [0.3, 0.4) is 0 Å².